The first kappa shape index (κ1) is 22.1. The molecular weight excluding hydrogens is 424 g/mol. The lowest BCUT2D eigenvalue weighted by molar-refractivity contribution is 0.0947. The van der Waals surface area contributed by atoms with E-state index in [9.17, 15) is 13.2 Å². The number of anilines is 1. The molecule has 0 spiro atoms. The van der Waals surface area contributed by atoms with Crippen LogP contribution in [0.3, 0.4) is 0 Å². The summed E-state index contributed by atoms with van der Waals surface area (Å²) in [7, 11) is -1.77. The minimum atomic E-state index is -3.51. The van der Waals surface area contributed by atoms with Gasteiger partial charge >= 0.3 is 0 Å². The lowest BCUT2D eigenvalue weighted by atomic mass is 10.1. The van der Waals surface area contributed by atoms with Crippen LogP contribution >= 0.6 is 0 Å². The van der Waals surface area contributed by atoms with Gasteiger partial charge in [-0.2, -0.15) is 5.10 Å². The molecule has 1 N–H and O–H groups in total. The van der Waals surface area contributed by atoms with E-state index in [4.69, 9.17) is 0 Å². The average Bonchev–Trinajstić information content (AvgIpc) is 3.09. The number of hydrogen-bond donors (Lipinski definition) is 1. The third kappa shape index (κ3) is 4.14. The summed E-state index contributed by atoms with van der Waals surface area (Å²) in [5, 5.41) is 7.29. The average molecular weight is 453 g/mol. The normalized spacial score (nSPS) is 13.8. The van der Waals surface area contributed by atoms with E-state index in [0.29, 0.717) is 28.3 Å². The Kier molecular flexibility index (Phi) is 6.06. The van der Waals surface area contributed by atoms with Gasteiger partial charge in [-0.15, -0.1) is 0 Å². The van der Waals surface area contributed by atoms with E-state index < -0.39 is 9.84 Å². The van der Waals surface area contributed by atoms with E-state index >= 15 is 0 Å². The maximum absolute atomic E-state index is 12.9. The van der Waals surface area contributed by atoms with Crippen molar-refractivity contribution < 1.29 is 13.2 Å². The molecule has 3 aromatic rings. The van der Waals surface area contributed by atoms with Gasteiger partial charge in [-0.25, -0.2) is 8.42 Å². The quantitative estimate of drug-likeness (QED) is 0.556. The Morgan fingerprint density at radius 3 is 2.72 bits per heavy atom. The summed E-state index contributed by atoms with van der Waals surface area (Å²) < 4.78 is 27.2. The molecule has 2 heterocycles. The second-order valence-corrected chi connectivity index (χ2v) is 10.0. The molecule has 32 heavy (non-hydrogen) atoms. The number of rotatable bonds is 7. The van der Waals surface area contributed by atoms with Gasteiger partial charge in [-0.1, -0.05) is 30.3 Å². The van der Waals surface area contributed by atoms with Crippen molar-refractivity contribution in [1.29, 1.82) is 0 Å². The highest BCUT2D eigenvalue weighted by Gasteiger charge is 2.34. The highest BCUT2D eigenvalue weighted by Crippen LogP contribution is 2.38. The lowest BCUT2D eigenvalue weighted by Gasteiger charge is -2.23. The van der Waals surface area contributed by atoms with Crippen molar-refractivity contribution in [2.75, 3.05) is 24.5 Å². The van der Waals surface area contributed by atoms with Crippen LogP contribution in [-0.2, 0) is 22.6 Å². The number of hydrogen-bond acceptors (Lipinski definition) is 5. The zero-order valence-electron chi connectivity index (χ0n) is 18.6. The van der Waals surface area contributed by atoms with Crippen molar-refractivity contribution in [3.8, 4) is 11.3 Å². The number of benzene rings is 2. The molecule has 4 rings (SSSR count). The standard InChI is InChI=1S/C24H28N4O3S/c1-4-28(18-10-7-9-17(2)15-18)14-8-13-25-24(29)22-20-16-32(30,31)21-12-6-5-11-19(21)23(20)27(3)26-22/h5-7,9-12,15H,4,8,13-14,16H2,1-3H3,(H,25,29). The first-order valence-corrected chi connectivity index (χ1v) is 12.4. The first-order chi connectivity index (χ1) is 15.3. The predicted octanol–water partition coefficient (Wildman–Crippen LogP) is 3.33. The third-order valence-electron chi connectivity index (χ3n) is 5.81. The monoisotopic (exact) mass is 452 g/mol. The molecule has 0 fully saturated rings. The lowest BCUT2D eigenvalue weighted by Crippen LogP contribution is -2.31. The van der Waals surface area contributed by atoms with E-state index in [1.807, 2.05) is 6.07 Å². The van der Waals surface area contributed by atoms with E-state index in [1.165, 1.54) is 11.3 Å². The molecule has 8 heteroatoms. The van der Waals surface area contributed by atoms with Crippen LogP contribution in [0.1, 0.15) is 35.0 Å². The molecule has 1 aliphatic rings. The van der Waals surface area contributed by atoms with Crippen LogP contribution < -0.4 is 10.2 Å². The minimum absolute atomic E-state index is 0.187. The largest absolute Gasteiger partial charge is 0.372 e. The molecule has 1 amide bonds. The van der Waals surface area contributed by atoms with Crippen LogP contribution in [0.5, 0.6) is 0 Å². The van der Waals surface area contributed by atoms with Gasteiger partial charge in [0, 0.05) is 43.5 Å². The van der Waals surface area contributed by atoms with Gasteiger partial charge in [0.05, 0.1) is 16.3 Å². The van der Waals surface area contributed by atoms with Gasteiger partial charge in [-0.3, -0.25) is 9.48 Å². The fourth-order valence-electron chi connectivity index (χ4n) is 4.28. The van der Waals surface area contributed by atoms with Gasteiger partial charge in [0.1, 0.15) is 0 Å². The molecule has 0 radical (unpaired) electrons. The molecule has 0 atom stereocenters. The molecule has 1 aromatic heterocycles. The van der Waals surface area contributed by atoms with Gasteiger partial charge in [0.2, 0.25) is 0 Å². The Morgan fingerprint density at radius 1 is 1.19 bits per heavy atom. The van der Waals surface area contributed by atoms with Crippen molar-refractivity contribution >= 4 is 21.4 Å². The molecule has 0 unspecified atom stereocenters. The van der Waals surface area contributed by atoms with Crippen LogP contribution in [0.4, 0.5) is 5.69 Å². The Balaban J connectivity index is 1.46. The van der Waals surface area contributed by atoms with Gasteiger partial charge in [0.25, 0.3) is 5.91 Å². The number of nitrogens with one attached hydrogen (secondary N) is 1. The van der Waals surface area contributed by atoms with Crippen LogP contribution in [0.25, 0.3) is 11.3 Å². The molecule has 0 saturated carbocycles. The van der Waals surface area contributed by atoms with Crippen molar-refractivity contribution in [2.24, 2.45) is 7.05 Å². The third-order valence-corrected chi connectivity index (χ3v) is 7.51. The van der Waals surface area contributed by atoms with Crippen LogP contribution in [-0.4, -0.2) is 43.7 Å². The van der Waals surface area contributed by atoms with Crippen molar-refractivity contribution in [2.45, 2.75) is 30.9 Å². The first-order valence-electron chi connectivity index (χ1n) is 10.8. The second-order valence-electron chi connectivity index (χ2n) is 8.08. The van der Waals surface area contributed by atoms with Gasteiger partial charge in [0.15, 0.2) is 15.5 Å². The van der Waals surface area contributed by atoms with Crippen molar-refractivity contribution in [3.63, 3.8) is 0 Å². The van der Waals surface area contributed by atoms with Crippen LogP contribution in [0.15, 0.2) is 53.4 Å². The Labute approximate surface area is 189 Å². The molecule has 7 nitrogen and oxygen atoms in total. The number of carbonyl (C=O) groups is 1. The van der Waals surface area contributed by atoms with Crippen molar-refractivity contribution in [3.05, 3.63) is 65.4 Å². The van der Waals surface area contributed by atoms with Crippen LogP contribution in [0.2, 0.25) is 0 Å². The number of nitrogens with zero attached hydrogens (tertiary/aromatic N) is 3. The summed E-state index contributed by atoms with van der Waals surface area (Å²) in [6.07, 6.45) is 0.768. The Bertz CT molecular complexity index is 1260. The molecule has 1 aliphatic heterocycles. The summed E-state index contributed by atoms with van der Waals surface area (Å²) >= 11 is 0. The topological polar surface area (TPSA) is 84.3 Å². The summed E-state index contributed by atoms with van der Waals surface area (Å²) in [5.74, 6) is -0.553. The van der Waals surface area contributed by atoms with E-state index in [0.717, 1.165) is 19.5 Å². The second kappa shape index (κ2) is 8.78. The zero-order chi connectivity index (χ0) is 22.9. The number of aryl methyl sites for hydroxylation is 2. The van der Waals surface area contributed by atoms with Gasteiger partial charge in [-0.05, 0) is 44.0 Å². The molecule has 0 aliphatic carbocycles. The van der Waals surface area contributed by atoms with E-state index in [-0.39, 0.29) is 17.4 Å². The maximum atomic E-state index is 12.9. The van der Waals surface area contributed by atoms with Crippen molar-refractivity contribution in [1.82, 2.24) is 15.1 Å². The summed E-state index contributed by atoms with van der Waals surface area (Å²) in [4.78, 5) is 15.4. The number of amides is 1. The minimum Gasteiger partial charge on any atom is -0.372 e. The smallest absolute Gasteiger partial charge is 0.272 e. The molecular formula is C24H28N4O3S. The van der Waals surface area contributed by atoms with E-state index in [1.54, 1.807) is 36.0 Å². The predicted molar refractivity (Wildman–Crippen MR) is 126 cm³/mol. The van der Waals surface area contributed by atoms with Gasteiger partial charge < -0.3 is 10.2 Å². The number of carbonyl (C=O) groups excluding carboxylic acids is 1. The Morgan fingerprint density at radius 2 is 1.97 bits per heavy atom. The highest BCUT2D eigenvalue weighted by atomic mass is 32.2. The SMILES string of the molecule is CCN(CCCNC(=O)c1nn(C)c2c1CS(=O)(=O)c1ccccc1-2)c1cccc(C)c1. The fraction of sp³-hybridized carbons (Fsp3) is 0.333. The van der Waals surface area contributed by atoms with Crippen LogP contribution in [0, 0.1) is 6.92 Å². The van der Waals surface area contributed by atoms with E-state index in [2.05, 4.69) is 47.4 Å². The summed E-state index contributed by atoms with van der Waals surface area (Å²) in [6.45, 7) is 6.35. The molecule has 0 bridgehead atoms. The number of aromatic nitrogens is 2. The number of fused-ring (bicyclic) bond motifs is 3. The number of sulfone groups is 1. The molecule has 2 aromatic carbocycles. The summed E-state index contributed by atoms with van der Waals surface area (Å²) in [6, 6.07) is 15.2. The molecule has 168 valence electrons. The maximum Gasteiger partial charge on any atom is 0.272 e. The Hall–Kier alpha value is -3.13. The fourth-order valence-corrected chi connectivity index (χ4v) is 5.87. The summed E-state index contributed by atoms with van der Waals surface area (Å²) in [5.41, 5.74) is 4.33. The highest BCUT2D eigenvalue weighted by molar-refractivity contribution is 7.90. The molecule has 0 saturated heterocycles. The zero-order valence-corrected chi connectivity index (χ0v) is 19.4.